The van der Waals surface area contributed by atoms with Gasteiger partial charge in [0.05, 0.1) is 12.9 Å². The van der Waals surface area contributed by atoms with Crippen LogP contribution in [-0.2, 0) is 6.54 Å². The molecule has 0 radical (unpaired) electrons. The number of aromatic nitrogens is 1. The van der Waals surface area contributed by atoms with E-state index in [1.54, 1.807) is 0 Å². The molecule has 5 heteroatoms. The summed E-state index contributed by atoms with van der Waals surface area (Å²) in [4.78, 5) is 0. The summed E-state index contributed by atoms with van der Waals surface area (Å²) >= 11 is 3.60. The normalized spacial score (nSPS) is 17.2. The quantitative estimate of drug-likeness (QED) is 0.239. The summed E-state index contributed by atoms with van der Waals surface area (Å²) in [5.74, 6) is 0. The number of piperidine rings is 1. The minimum atomic E-state index is -2.09. The third-order valence-corrected chi connectivity index (χ3v) is 12.3. The fourth-order valence-corrected chi connectivity index (χ4v) is 10.3. The first-order valence-electron chi connectivity index (χ1n) is 12.5. The van der Waals surface area contributed by atoms with Crippen LogP contribution in [0.1, 0.15) is 47.0 Å². The Balaban J connectivity index is 1.84. The molecule has 1 aliphatic rings. The van der Waals surface area contributed by atoms with Crippen molar-refractivity contribution >= 4 is 55.9 Å². The van der Waals surface area contributed by atoms with Gasteiger partial charge in [0, 0.05) is 56.4 Å². The lowest BCUT2D eigenvalue weighted by Gasteiger charge is -2.47. The molecular formula is C29H35BrN3P. The van der Waals surface area contributed by atoms with Gasteiger partial charge in [-0.3, -0.25) is 4.67 Å². The van der Waals surface area contributed by atoms with E-state index < -0.39 is 7.21 Å². The zero-order valence-corrected chi connectivity index (χ0v) is 23.2. The molecule has 5 rings (SSSR count). The molecule has 0 saturated carbocycles. The van der Waals surface area contributed by atoms with Crippen LogP contribution in [0.15, 0.2) is 75.9 Å². The SMILES string of the molecule is CCn1c2ccccc2c2cc([P@](=Nc3ccc(Br)cc3)(N3CCCCC3)C(C)(C)C)ccc21. The maximum absolute atomic E-state index is 5.72. The first-order chi connectivity index (χ1) is 16.3. The summed E-state index contributed by atoms with van der Waals surface area (Å²) in [5.41, 5.74) is 3.72. The van der Waals surface area contributed by atoms with E-state index in [1.807, 2.05) is 0 Å². The number of nitrogens with zero attached hydrogens (tertiary/aromatic N) is 3. The molecule has 1 atom stereocenters. The third-order valence-electron chi connectivity index (χ3n) is 7.20. The Labute approximate surface area is 212 Å². The molecule has 0 bridgehead atoms. The Morgan fingerprint density at radius 2 is 1.53 bits per heavy atom. The van der Waals surface area contributed by atoms with Crippen LogP contribution in [0.4, 0.5) is 5.69 Å². The molecule has 0 N–H and O–H groups in total. The Morgan fingerprint density at radius 3 is 2.21 bits per heavy atom. The van der Waals surface area contributed by atoms with Gasteiger partial charge in [0.1, 0.15) is 0 Å². The first kappa shape index (κ1) is 23.9. The van der Waals surface area contributed by atoms with Crippen molar-refractivity contribution in [3.8, 4) is 0 Å². The van der Waals surface area contributed by atoms with Crippen LogP contribution in [0.5, 0.6) is 0 Å². The lowest BCUT2D eigenvalue weighted by atomic mass is 10.1. The molecule has 178 valence electrons. The third kappa shape index (κ3) is 3.98. The molecule has 0 amide bonds. The van der Waals surface area contributed by atoms with Crippen molar-refractivity contribution in [2.45, 2.75) is 58.7 Å². The van der Waals surface area contributed by atoms with Crippen LogP contribution in [0.3, 0.4) is 0 Å². The fraction of sp³-hybridized carbons (Fsp3) is 0.379. The Bertz CT molecular complexity index is 1370. The van der Waals surface area contributed by atoms with Crippen LogP contribution in [0.2, 0.25) is 0 Å². The average molecular weight is 536 g/mol. The average Bonchev–Trinajstić information content (AvgIpc) is 3.16. The van der Waals surface area contributed by atoms with Crippen molar-refractivity contribution in [2.24, 2.45) is 4.74 Å². The van der Waals surface area contributed by atoms with Gasteiger partial charge in [-0.15, -0.1) is 0 Å². The van der Waals surface area contributed by atoms with E-state index in [4.69, 9.17) is 4.74 Å². The maximum Gasteiger partial charge on any atom is 0.0720 e. The number of benzene rings is 3. The van der Waals surface area contributed by atoms with Gasteiger partial charge in [-0.2, -0.15) is 0 Å². The van der Waals surface area contributed by atoms with E-state index in [0.717, 1.165) is 29.8 Å². The fourth-order valence-electron chi connectivity index (χ4n) is 5.66. The molecule has 0 aliphatic carbocycles. The second kappa shape index (κ2) is 9.30. The zero-order chi connectivity index (χ0) is 23.9. The summed E-state index contributed by atoms with van der Waals surface area (Å²) in [7, 11) is -2.09. The van der Waals surface area contributed by atoms with Gasteiger partial charge in [-0.25, -0.2) is 4.74 Å². The number of aryl methyl sites for hydroxylation is 1. The summed E-state index contributed by atoms with van der Waals surface area (Å²) in [6, 6.07) is 24.6. The van der Waals surface area contributed by atoms with Gasteiger partial charge in [0.15, 0.2) is 0 Å². The summed E-state index contributed by atoms with van der Waals surface area (Å²) in [6.45, 7) is 12.7. The van der Waals surface area contributed by atoms with E-state index in [2.05, 4.69) is 120 Å². The summed E-state index contributed by atoms with van der Waals surface area (Å²) in [6.07, 6.45) is 3.83. The van der Waals surface area contributed by atoms with Gasteiger partial charge in [-0.05, 0) is 68.3 Å². The van der Waals surface area contributed by atoms with Crippen molar-refractivity contribution in [3.63, 3.8) is 0 Å². The van der Waals surface area contributed by atoms with E-state index in [1.165, 1.54) is 46.4 Å². The van der Waals surface area contributed by atoms with E-state index in [9.17, 15) is 0 Å². The smallest absolute Gasteiger partial charge is 0.0720 e. The largest absolute Gasteiger partial charge is 0.341 e. The Morgan fingerprint density at radius 1 is 0.853 bits per heavy atom. The van der Waals surface area contributed by atoms with Crippen molar-refractivity contribution < 1.29 is 0 Å². The monoisotopic (exact) mass is 535 g/mol. The van der Waals surface area contributed by atoms with Gasteiger partial charge in [0.2, 0.25) is 0 Å². The maximum atomic E-state index is 5.72. The minimum absolute atomic E-state index is 0.00815. The number of para-hydroxylation sites is 1. The van der Waals surface area contributed by atoms with Crippen molar-refractivity contribution in [1.82, 2.24) is 9.24 Å². The molecule has 4 aromatic rings. The molecule has 3 aromatic carbocycles. The van der Waals surface area contributed by atoms with Crippen LogP contribution in [-0.4, -0.2) is 27.5 Å². The van der Waals surface area contributed by atoms with Crippen LogP contribution in [0.25, 0.3) is 21.8 Å². The Kier molecular flexibility index (Phi) is 6.52. The lowest BCUT2D eigenvalue weighted by molar-refractivity contribution is 0.361. The van der Waals surface area contributed by atoms with Gasteiger partial charge in [-0.1, -0.05) is 61.3 Å². The molecule has 0 spiro atoms. The number of fused-ring (bicyclic) bond motifs is 3. The minimum Gasteiger partial charge on any atom is -0.341 e. The van der Waals surface area contributed by atoms with Gasteiger partial charge >= 0.3 is 0 Å². The highest BCUT2D eigenvalue weighted by molar-refractivity contribution is 9.10. The van der Waals surface area contributed by atoms with Crippen molar-refractivity contribution in [1.29, 1.82) is 0 Å². The van der Waals surface area contributed by atoms with Gasteiger partial charge in [0.25, 0.3) is 0 Å². The first-order valence-corrected chi connectivity index (χ1v) is 15.0. The highest BCUT2D eigenvalue weighted by atomic mass is 79.9. The molecule has 1 fully saturated rings. The molecule has 3 nitrogen and oxygen atoms in total. The highest BCUT2D eigenvalue weighted by Crippen LogP contribution is 2.64. The Hall–Kier alpha value is -1.87. The summed E-state index contributed by atoms with van der Waals surface area (Å²) < 4.78 is 12.0. The van der Waals surface area contributed by atoms with E-state index in [-0.39, 0.29) is 5.16 Å². The molecule has 2 heterocycles. The molecule has 1 saturated heterocycles. The number of halogens is 1. The van der Waals surface area contributed by atoms with Crippen molar-refractivity contribution in [2.75, 3.05) is 13.1 Å². The highest BCUT2D eigenvalue weighted by Gasteiger charge is 2.41. The molecule has 34 heavy (non-hydrogen) atoms. The van der Waals surface area contributed by atoms with E-state index in [0.29, 0.717) is 0 Å². The number of hydrogen-bond acceptors (Lipinski definition) is 1. The zero-order valence-electron chi connectivity index (χ0n) is 20.8. The predicted molar refractivity (Wildman–Crippen MR) is 153 cm³/mol. The molecule has 1 aromatic heterocycles. The molecular weight excluding hydrogens is 501 g/mol. The molecule has 0 unspecified atom stereocenters. The topological polar surface area (TPSA) is 20.5 Å². The van der Waals surface area contributed by atoms with Crippen LogP contribution >= 0.6 is 23.1 Å². The standard InChI is InChI=1S/C29H35BrN3P/c1-5-33-27-12-8-7-11-25(27)26-21-24(17-18-28(26)33)34(29(2,3)4,32-19-9-6-10-20-32)31-23-15-13-22(30)14-16-23/h7-8,11-18,21H,5-6,9-10,19-20H2,1-4H3/t34-/m0/s1. The second-order valence-corrected chi connectivity index (χ2v) is 15.1. The summed E-state index contributed by atoms with van der Waals surface area (Å²) in [5, 5.41) is 4.10. The second-order valence-electron chi connectivity index (χ2n) is 10.3. The van der Waals surface area contributed by atoms with Crippen LogP contribution < -0.4 is 5.30 Å². The lowest BCUT2D eigenvalue weighted by Crippen LogP contribution is -2.39. The van der Waals surface area contributed by atoms with Gasteiger partial charge < -0.3 is 4.57 Å². The predicted octanol–water partition coefficient (Wildman–Crippen LogP) is 8.93. The number of rotatable bonds is 4. The van der Waals surface area contributed by atoms with Crippen molar-refractivity contribution in [3.05, 3.63) is 71.2 Å². The number of hydrogen-bond donors (Lipinski definition) is 0. The van der Waals surface area contributed by atoms with Crippen LogP contribution in [0, 0.1) is 0 Å². The van der Waals surface area contributed by atoms with E-state index >= 15 is 0 Å². The molecule has 1 aliphatic heterocycles.